The first-order valence-corrected chi connectivity index (χ1v) is 8.10. The molecule has 0 spiro atoms. The fourth-order valence-corrected chi connectivity index (χ4v) is 2.91. The minimum absolute atomic E-state index is 0.451. The number of azo groups is 1. The van der Waals surface area contributed by atoms with E-state index in [0.29, 0.717) is 44.9 Å². The lowest BCUT2D eigenvalue weighted by molar-refractivity contribution is 0.809. The Morgan fingerprint density at radius 3 is 2.80 bits per heavy atom. The molecular weight excluding hydrogens is 338 g/mol. The molecule has 9 nitrogen and oxygen atoms in total. The molecule has 0 bridgehead atoms. The van der Waals surface area contributed by atoms with Gasteiger partial charge >= 0.3 is 0 Å². The van der Waals surface area contributed by atoms with E-state index in [4.69, 9.17) is 0 Å². The van der Waals surface area contributed by atoms with Gasteiger partial charge in [-0.2, -0.15) is 9.64 Å². The fourth-order valence-electron chi connectivity index (χ4n) is 2.40. The van der Waals surface area contributed by atoms with E-state index in [1.807, 2.05) is 19.1 Å². The second kappa shape index (κ2) is 5.88. The average molecular weight is 349 g/mol. The summed E-state index contributed by atoms with van der Waals surface area (Å²) >= 11 is 1.16. The summed E-state index contributed by atoms with van der Waals surface area (Å²) in [5.41, 5.74) is 2.80. The molecule has 0 aliphatic carbocycles. The largest absolute Gasteiger partial charge is 0.324 e. The molecule has 0 aliphatic rings. The van der Waals surface area contributed by atoms with Gasteiger partial charge in [-0.25, -0.2) is 4.98 Å². The predicted octanol–water partition coefficient (Wildman–Crippen LogP) is 3.48. The van der Waals surface area contributed by atoms with Crippen molar-refractivity contribution < 1.29 is 0 Å². The number of aromatic amines is 1. The Bertz CT molecular complexity index is 1140. The number of hydrogen-bond donors (Lipinski definition) is 1. The molecular formula is C15H11N9S. The van der Waals surface area contributed by atoms with Crippen molar-refractivity contribution in [3.05, 3.63) is 41.5 Å². The highest BCUT2D eigenvalue weighted by Gasteiger charge is 2.19. The standard InChI is InChI=1S/C15H11N9S/c1-8-17-14-13(19-20-15-18-9(2)23-25-15)12(22-24(14)21-8)11-6-4-3-5-10(11)7-16/h3-6H,1-2H3,(H,17,21)/b20-19+. The highest BCUT2D eigenvalue weighted by molar-refractivity contribution is 7.09. The molecule has 4 aromatic rings. The summed E-state index contributed by atoms with van der Waals surface area (Å²) < 4.78 is 5.54. The van der Waals surface area contributed by atoms with Crippen LogP contribution in [0.3, 0.4) is 0 Å². The minimum atomic E-state index is 0.451. The lowest BCUT2D eigenvalue weighted by Crippen LogP contribution is -1.89. The molecule has 0 unspecified atom stereocenters. The van der Waals surface area contributed by atoms with Crippen molar-refractivity contribution in [2.75, 3.05) is 0 Å². The van der Waals surface area contributed by atoms with E-state index >= 15 is 0 Å². The number of aromatic nitrogens is 6. The van der Waals surface area contributed by atoms with E-state index in [1.54, 1.807) is 19.1 Å². The van der Waals surface area contributed by atoms with Crippen molar-refractivity contribution in [2.45, 2.75) is 13.8 Å². The van der Waals surface area contributed by atoms with Crippen LogP contribution in [-0.2, 0) is 0 Å². The third-order valence-corrected chi connectivity index (χ3v) is 4.13. The maximum atomic E-state index is 9.37. The van der Waals surface area contributed by atoms with Crippen LogP contribution in [0.4, 0.5) is 10.8 Å². The number of hydrogen-bond acceptors (Lipinski definition) is 8. The van der Waals surface area contributed by atoms with E-state index in [0.717, 1.165) is 11.5 Å². The summed E-state index contributed by atoms with van der Waals surface area (Å²) in [5.74, 6) is 1.34. The summed E-state index contributed by atoms with van der Waals surface area (Å²) in [6.07, 6.45) is 0. The third kappa shape index (κ3) is 2.66. The molecule has 122 valence electrons. The van der Waals surface area contributed by atoms with E-state index in [9.17, 15) is 5.26 Å². The fraction of sp³-hybridized carbons (Fsp3) is 0.133. The molecule has 4 rings (SSSR count). The topological polar surface area (TPSA) is 120 Å². The van der Waals surface area contributed by atoms with Crippen molar-refractivity contribution in [3.63, 3.8) is 0 Å². The molecule has 10 heteroatoms. The number of fused-ring (bicyclic) bond motifs is 1. The first-order chi connectivity index (χ1) is 12.2. The highest BCUT2D eigenvalue weighted by Crippen LogP contribution is 2.35. The van der Waals surface area contributed by atoms with E-state index in [1.165, 1.54) is 4.63 Å². The Labute approximate surface area is 145 Å². The van der Waals surface area contributed by atoms with E-state index < -0.39 is 0 Å². The lowest BCUT2D eigenvalue weighted by atomic mass is 10.1. The van der Waals surface area contributed by atoms with Crippen molar-refractivity contribution >= 4 is 28.0 Å². The minimum Gasteiger partial charge on any atom is -0.324 e. The first kappa shape index (κ1) is 15.1. The van der Waals surface area contributed by atoms with Crippen LogP contribution in [0.2, 0.25) is 0 Å². The van der Waals surface area contributed by atoms with Gasteiger partial charge in [-0.05, 0) is 19.9 Å². The van der Waals surface area contributed by atoms with Crippen LogP contribution in [0.25, 0.3) is 16.9 Å². The van der Waals surface area contributed by atoms with Gasteiger partial charge in [0, 0.05) is 17.1 Å². The van der Waals surface area contributed by atoms with Crippen LogP contribution in [-0.4, -0.2) is 29.2 Å². The highest BCUT2D eigenvalue weighted by atomic mass is 32.1. The molecule has 0 saturated heterocycles. The Morgan fingerprint density at radius 1 is 1.20 bits per heavy atom. The van der Waals surface area contributed by atoms with Crippen LogP contribution in [0.5, 0.6) is 0 Å². The van der Waals surface area contributed by atoms with Gasteiger partial charge in [0.15, 0.2) is 11.3 Å². The zero-order chi connectivity index (χ0) is 17.4. The average Bonchev–Trinajstić information content (AvgIpc) is 3.27. The Kier molecular flexibility index (Phi) is 3.55. The maximum Gasteiger partial charge on any atom is 0.249 e. The zero-order valence-corrected chi connectivity index (χ0v) is 14.1. The number of aryl methyl sites for hydroxylation is 2. The quantitative estimate of drug-likeness (QED) is 0.568. The van der Waals surface area contributed by atoms with Gasteiger partial charge in [-0.3, -0.25) is 0 Å². The Morgan fingerprint density at radius 2 is 2.04 bits per heavy atom. The maximum absolute atomic E-state index is 9.37. The number of nitriles is 1. The molecule has 3 heterocycles. The summed E-state index contributed by atoms with van der Waals surface area (Å²) in [6, 6.07) is 9.38. The molecule has 0 saturated carbocycles. The normalized spacial score (nSPS) is 11.4. The lowest BCUT2D eigenvalue weighted by Gasteiger charge is -2.00. The molecule has 3 aromatic heterocycles. The summed E-state index contributed by atoms with van der Waals surface area (Å²) in [6.45, 7) is 3.62. The van der Waals surface area contributed by atoms with Gasteiger partial charge < -0.3 is 4.98 Å². The first-order valence-electron chi connectivity index (χ1n) is 7.33. The molecule has 25 heavy (non-hydrogen) atoms. The molecule has 0 fully saturated rings. The molecule has 1 N–H and O–H groups in total. The second-order valence-corrected chi connectivity index (χ2v) is 5.96. The van der Waals surface area contributed by atoms with Gasteiger partial charge in [-0.15, -0.1) is 25.1 Å². The number of benzene rings is 1. The smallest absolute Gasteiger partial charge is 0.249 e. The van der Waals surface area contributed by atoms with Crippen LogP contribution < -0.4 is 0 Å². The summed E-state index contributed by atoms with van der Waals surface area (Å²) in [5, 5.41) is 27.0. The zero-order valence-electron chi connectivity index (χ0n) is 13.3. The van der Waals surface area contributed by atoms with Crippen LogP contribution in [0.15, 0.2) is 34.5 Å². The molecule has 0 aliphatic heterocycles. The van der Waals surface area contributed by atoms with Gasteiger partial charge in [0.05, 0.1) is 11.6 Å². The number of nitrogens with zero attached hydrogens (tertiary/aromatic N) is 8. The van der Waals surface area contributed by atoms with Crippen LogP contribution >= 0.6 is 11.5 Å². The van der Waals surface area contributed by atoms with Crippen LogP contribution in [0, 0.1) is 25.2 Å². The number of nitrogens with one attached hydrogen (secondary N) is 1. The monoisotopic (exact) mass is 349 g/mol. The van der Waals surface area contributed by atoms with Crippen molar-refractivity contribution in [1.82, 2.24) is 29.2 Å². The molecule has 0 radical (unpaired) electrons. The van der Waals surface area contributed by atoms with Gasteiger partial charge in [0.2, 0.25) is 5.13 Å². The molecule has 1 aromatic carbocycles. The second-order valence-electron chi connectivity index (χ2n) is 5.23. The predicted molar refractivity (Wildman–Crippen MR) is 91.0 cm³/mol. The Hall–Kier alpha value is -3.45. The number of H-pyrrole nitrogens is 1. The van der Waals surface area contributed by atoms with E-state index in [2.05, 4.69) is 40.8 Å². The van der Waals surface area contributed by atoms with Gasteiger partial charge in [0.25, 0.3) is 0 Å². The number of rotatable bonds is 3. The van der Waals surface area contributed by atoms with Crippen molar-refractivity contribution in [2.24, 2.45) is 10.2 Å². The molecule has 0 atom stereocenters. The summed E-state index contributed by atoms with van der Waals surface area (Å²) in [4.78, 5) is 7.29. The SMILES string of the molecule is Cc1nsc(/N=N/c2c(-c3ccccc3C#N)nn3nc(C)[nH]c23)n1. The van der Waals surface area contributed by atoms with Crippen molar-refractivity contribution in [3.8, 4) is 17.3 Å². The van der Waals surface area contributed by atoms with Crippen LogP contribution in [0.1, 0.15) is 17.2 Å². The van der Waals surface area contributed by atoms with Crippen molar-refractivity contribution in [1.29, 1.82) is 5.26 Å². The van der Waals surface area contributed by atoms with Gasteiger partial charge in [-0.1, -0.05) is 18.2 Å². The Balaban J connectivity index is 1.91. The summed E-state index contributed by atoms with van der Waals surface area (Å²) in [7, 11) is 0. The van der Waals surface area contributed by atoms with Gasteiger partial charge in [0.1, 0.15) is 17.3 Å². The molecule has 0 amide bonds. The third-order valence-electron chi connectivity index (χ3n) is 3.44. The van der Waals surface area contributed by atoms with E-state index in [-0.39, 0.29) is 0 Å².